The molecule has 1 N–H and O–H groups in total. The Labute approximate surface area is 100 Å². The minimum Gasteiger partial charge on any atom is -0.481 e. The minimum absolute atomic E-state index is 0.624. The van der Waals surface area contributed by atoms with Gasteiger partial charge in [0, 0.05) is 8.59 Å². The third-order valence-corrected chi connectivity index (χ3v) is 3.73. The Bertz CT molecular complexity index is 399. The van der Waals surface area contributed by atoms with Crippen LogP contribution >= 0.6 is 34.2 Å². The third kappa shape index (κ3) is 1.52. The van der Waals surface area contributed by atoms with Gasteiger partial charge in [-0.25, -0.2) is 0 Å². The molecule has 0 heterocycles. The van der Waals surface area contributed by atoms with Crippen molar-refractivity contribution in [2.24, 2.45) is 0 Å². The topological polar surface area (TPSA) is 37.3 Å². The first-order chi connectivity index (χ1) is 6.56. The van der Waals surface area contributed by atoms with Crippen molar-refractivity contribution < 1.29 is 9.90 Å². The third-order valence-electron chi connectivity index (χ3n) is 2.61. The van der Waals surface area contributed by atoms with Crippen molar-refractivity contribution in [1.82, 2.24) is 0 Å². The number of carboxylic acids is 1. The van der Waals surface area contributed by atoms with Gasteiger partial charge in [-0.05, 0) is 53.1 Å². The van der Waals surface area contributed by atoms with E-state index in [-0.39, 0.29) is 0 Å². The zero-order chi connectivity index (χ0) is 10.3. The fourth-order valence-electron chi connectivity index (χ4n) is 1.60. The maximum Gasteiger partial charge on any atom is 0.314 e. The summed E-state index contributed by atoms with van der Waals surface area (Å²) in [5.41, 5.74) is 0.274. The summed E-state index contributed by atoms with van der Waals surface area (Å²) >= 11 is 7.95. The first-order valence-corrected chi connectivity index (χ1v) is 5.71. The van der Waals surface area contributed by atoms with Gasteiger partial charge in [-0.1, -0.05) is 17.7 Å². The molecule has 0 aromatic heterocycles. The van der Waals surface area contributed by atoms with E-state index >= 15 is 0 Å². The lowest BCUT2D eigenvalue weighted by atomic mass is 9.96. The number of carbonyl (C=O) groups is 1. The van der Waals surface area contributed by atoms with Crippen LogP contribution < -0.4 is 0 Å². The fourth-order valence-corrected chi connectivity index (χ4v) is 2.99. The van der Waals surface area contributed by atoms with Gasteiger partial charge in [0.15, 0.2) is 0 Å². The van der Waals surface area contributed by atoms with Gasteiger partial charge in [0.05, 0.1) is 5.41 Å². The molecule has 0 bridgehead atoms. The number of aliphatic carboxylic acids is 1. The average molecular weight is 323 g/mol. The summed E-state index contributed by atoms with van der Waals surface area (Å²) in [5.74, 6) is -0.724. The van der Waals surface area contributed by atoms with Gasteiger partial charge < -0.3 is 5.11 Å². The van der Waals surface area contributed by atoms with Gasteiger partial charge in [-0.3, -0.25) is 4.79 Å². The predicted molar refractivity (Wildman–Crippen MR) is 62.7 cm³/mol. The number of hydrogen-bond acceptors (Lipinski definition) is 1. The summed E-state index contributed by atoms with van der Waals surface area (Å²) in [6.07, 6.45) is 1.47. The molecule has 1 aliphatic rings. The highest BCUT2D eigenvalue weighted by Gasteiger charge is 2.52. The van der Waals surface area contributed by atoms with Gasteiger partial charge in [0.2, 0.25) is 0 Å². The molecule has 0 spiro atoms. The van der Waals surface area contributed by atoms with Crippen LogP contribution in [0.1, 0.15) is 18.4 Å². The standard InChI is InChI=1S/C10H8ClIO2/c11-6-1-2-7(8(12)5-6)10(3-4-10)9(13)14/h1-2,5H,3-4H2,(H,13,14). The van der Waals surface area contributed by atoms with Crippen molar-refractivity contribution in [3.8, 4) is 0 Å². The van der Waals surface area contributed by atoms with Crippen molar-refractivity contribution in [2.45, 2.75) is 18.3 Å². The normalized spacial score (nSPS) is 17.9. The molecule has 14 heavy (non-hydrogen) atoms. The molecule has 1 aromatic rings. The van der Waals surface area contributed by atoms with Crippen LogP contribution in [0.15, 0.2) is 18.2 Å². The van der Waals surface area contributed by atoms with E-state index in [1.807, 2.05) is 6.07 Å². The quantitative estimate of drug-likeness (QED) is 0.850. The molecule has 1 aliphatic carbocycles. The van der Waals surface area contributed by atoms with E-state index in [4.69, 9.17) is 16.7 Å². The molecule has 0 saturated heterocycles. The highest BCUT2D eigenvalue weighted by molar-refractivity contribution is 14.1. The van der Waals surface area contributed by atoms with Gasteiger partial charge in [-0.15, -0.1) is 0 Å². The molecule has 1 saturated carbocycles. The molecule has 0 aliphatic heterocycles. The molecular weight excluding hydrogens is 314 g/mol. The predicted octanol–water partition coefficient (Wildman–Crippen LogP) is 3.06. The second-order valence-corrected chi connectivity index (χ2v) is 5.11. The number of hydrogen-bond donors (Lipinski definition) is 1. The van der Waals surface area contributed by atoms with E-state index in [0.29, 0.717) is 5.02 Å². The molecule has 4 heteroatoms. The van der Waals surface area contributed by atoms with Crippen molar-refractivity contribution in [3.05, 3.63) is 32.4 Å². The molecular formula is C10H8ClIO2. The van der Waals surface area contributed by atoms with E-state index in [0.717, 1.165) is 22.0 Å². The maximum atomic E-state index is 11.1. The molecule has 0 atom stereocenters. The van der Waals surface area contributed by atoms with Crippen LogP contribution in [0.2, 0.25) is 5.02 Å². The number of carboxylic acid groups (broad SMARTS) is 1. The number of benzene rings is 1. The van der Waals surface area contributed by atoms with Gasteiger partial charge >= 0.3 is 5.97 Å². The second kappa shape index (κ2) is 3.38. The molecule has 0 radical (unpaired) electrons. The molecule has 2 rings (SSSR count). The van der Waals surface area contributed by atoms with Crippen LogP contribution in [0, 0.1) is 3.57 Å². The largest absolute Gasteiger partial charge is 0.481 e. The van der Waals surface area contributed by atoms with Gasteiger partial charge in [0.25, 0.3) is 0 Å². The Morgan fingerprint density at radius 3 is 2.57 bits per heavy atom. The smallest absolute Gasteiger partial charge is 0.314 e. The highest BCUT2D eigenvalue weighted by Crippen LogP contribution is 2.50. The summed E-state index contributed by atoms with van der Waals surface area (Å²) in [6.45, 7) is 0. The van der Waals surface area contributed by atoms with Crippen LogP contribution in [-0.2, 0) is 10.2 Å². The fraction of sp³-hybridized carbons (Fsp3) is 0.300. The van der Waals surface area contributed by atoms with Crippen LogP contribution in [0.3, 0.4) is 0 Å². The second-order valence-electron chi connectivity index (χ2n) is 3.51. The van der Waals surface area contributed by atoms with Crippen LogP contribution in [0.25, 0.3) is 0 Å². The number of rotatable bonds is 2. The molecule has 1 aromatic carbocycles. The van der Waals surface area contributed by atoms with Crippen molar-refractivity contribution in [1.29, 1.82) is 0 Å². The Kier molecular flexibility index (Phi) is 2.47. The molecule has 1 fully saturated rings. The summed E-state index contributed by atoms with van der Waals surface area (Å²) in [7, 11) is 0. The monoisotopic (exact) mass is 322 g/mol. The zero-order valence-corrected chi connectivity index (χ0v) is 10.2. The summed E-state index contributed by atoms with van der Waals surface area (Å²) in [5, 5.41) is 9.77. The van der Waals surface area contributed by atoms with Crippen LogP contribution in [0.5, 0.6) is 0 Å². The lowest BCUT2D eigenvalue weighted by Crippen LogP contribution is -2.20. The zero-order valence-electron chi connectivity index (χ0n) is 7.26. The van der Waals surface area contributed by atoms with Crippen LogP contribution in [-0.4, -0.2) is 11.1 Å². The lowest BCUT2D eigenvalue weighted by Gasteiger charge is -2.12. The minimum atomic E-state index is -0.724. The van der Waals surface area contributed by atoms with E-state index in [9.17, 15) is 4.79 Å². The van der Waals surface area contributed by atoms with E-state index in [1.165, 1.54) is 0 Å². The summed E-state index contributed by atoms with van der Waals surface area (Å²) in [4.78, 5) is 11.1. The Balaban J connectivity index is 2.47. The van der Waals surface area contributed by atoms with Gasteiger partial charge in [-0.2, -0.15) is 0 Å². The van der Waals surface area contributed by atoms with E-state index in [2.05, 4.69) is 22.6 Å². The first kappa shape index (κ1) is 10.2. The first-order valence-electron chi connectivity index (χ1n) is 4.25. The van der Waals surface area contributed by atoms with E-state index < -0.39 is 11.4 Å². The molecule has 0 unspecified atom stereocenters. The van der Waals surface area contributed by atoms with Crippen molar-refractivity contribution in [3.63, 3.8) is 0 Å². The number of halogens is 2. The van der Waals surface area contributed by atoms with Gasteiger partial charge in [0.1, 0.15) is 0 Å². The molecule has 2 nitrogen and oxygen atoms in total. The lowest BCUT2D eigenvalue weighted by molar-refractivity contribution is -0.140. The highest BCUT2D eigenvalue weighted by atomic mass is 127. The van der Waals surface area contributed by atoms with Crippen molar-refractivity contribution in [2.75, 3.05) is 0 Å². The van der Waals surface area contributed by atoms with E-state index in [1.54, 1.807) is 12.1 Å². The van der Waals surface area contributed by atoms with Crippen molar-refractivity contribution >= 4 is 40.2 Å². The summed E-state index contributed by atoms with van der Waals surface area (Å²) in [6, 6.07) is 5.38. The Hall–Kier alpha value is -0.290. The molecule has 74 valence electrons. The van der Waals surface area contributed by atoms with Crippen LogP contribution in [0.4, 0.5) is 0 Å². The SMILES string of the molecule is O=C(O)C1(c2ccc(Cl)cc2I)CC1. The average Bonchev–Trinajstić information content (AvgIpc) is 2.84. The Morgan fingerprint density at radius 2 is 2.14 bits per heavy atom. The maximum absolute atomic E-state index is 11.1. The summed E-state index contributed by atoms with van der Waals surface area (Å²) < 4.78 is 0.940. The Morgan fingerprint density at radius 1 is 1.50 bits per heavy atom. The molecule has 0 amide bonds.